The van der Waals surface area contributed by atoms with Gasteiger partial charge < -0.3 is 14.2 Å². The summed E-state index contributed by atoms with van der Waals surface area (Å²) in [4.78, 5) is 10.8. The van der Waals surface area contributed by atoms with Crippen molar-refractivity contribution in [1.82, 2.24) is 5.32 Å². The molecule has 70 valence electrons. The average Bonchev–Trinajstić information content (AvgIpc) is 2.14. The summed E-state index contributed by atoms with van der Waals surface area (Å²) in [5.74, 6) is -0.444. The fourth-order valence-corrected chi connectivity index (χ4v) is 0.605. The Hall–Kier alpha value is -0.910. The fourth-order valence-electron chi connectivity index (χ4n) is 0.605. The molecule has 12 heavy (non-hydrogen) atoms. The summed E-state index contributed by atoms with van der Waals surface area (Å²) >= 11 is 0. The molecule has 0 aliphatic carbocycles. The first-order valence-electron chi connectivity index (χ1n) is 3.24. The number of hydrogen-bond acceptors (Lipinski definition) is 4. The van der Waals surface area contributed by atoms with Crippen molar-refractivity contribution in [3.63, 3.8) is 0 Å². The maximum Gasteiger partial charge on any atom is 0.376 e. The summed E-state index contributed by atoms with van der Waals surface area (Å²) in [6.45, 7) is 3.27. The van der Waals surface area contributed by atoms with Gasteiger partial charge in [0, 0.05) is 21.3 Å². The molecular formula is C7H13NO4. The van der Waals surface area contributed by atoms with Gasteiger partial charge in [0.1, 0.15) is 0 Å². The highest BCUT2D eigenvalue weighted by Gasteiger charge is 2.30. The Morgan fingerprint density at radius 2 is 1.75 bits per heavy atom. The van der Waals surface area contributed by atoms with Gasteiger partial charge in [-0.15, -0.1) is 0 Å². The highest BCUT2D eigenvalue weighted by atomic mass is 16.9. The number of amides is 1. The first kappa shape index (κ1) is 11.1. The van der Waals surface area contributed by atoms with Crippen molar-refractivity contribution < 1.29 is 19.0 Å². The molecule has 0 saturated heterocycles. The zero-order chi connectivity index (χ0) is 9.61. The van der Waals surface area contributed by atoms with Gasteiger partial charge in [0.05, 0.1) is 0 Å². The van der Waals surface area contributed by atoms with Crippen molar-refractivity contribution in [2.75, 3.05) is 21.3 Å². The number of methoxy groups -OCH3 is 3. The molecule has 0 aromatic rings. The molecule has 0 aromatic carbocycles. The van der Waals surface area contributed by atoms with E-state index in [4.69, 9.17) is 14.2 Å². The van der Waals surface area contributed by atoms with Crippen LogP contribution in [0.2, 0.25) is 0 Å². The number of hydrogen-bond donors (Lipinski definition) is 1. The van der Waals surface area contributed by atoms with Crippen molar-refractivity contribution in [3.05, 3.63) is 12.7 Å². The van der Waals surface area contributed by atoms with Crippen LogP contribution in [0, 0.1) is 0 Å². The second kappa shape index (κ2) is 4.87. The molecule has 0 aliphatic heterocycles. The van der Waals surface area contributed by atoms with Gasteiger partial charge in [-0.25, -0.2) is 0 Å². The lowest BCUT2D eigenvalue weighted by atomic mass is 10.6. The third-order valence-electron chi connectivity index (χ3n) is 1.27. The van der Waals surface area contributed by atoms with Crippen LogP contribution in [0.25, 0.3) is 0 Å². The van der Waals surface area contributed by atoms with E-state index in [1.165, 1.54) is 21.3 Å². The van der Waals surface area contributed by atoms with Gasteiger partial charge in [0.15, 0.2) is 0 Å². The Morgan fingerprint density at radius 3 is 2.00 bits per heavy atom. The van der Waals surface area contributed by atoms with Crippen LogP contribution in [0.3, 0.4) is 0 Å². The number of carbonyl (C=O) groups is 1. The number of nitrogens with one attached hydrogen (secondary N) is 1. The monoisotopic (exact) mass is 175 g/mol. The Bertz CT molecular complexity index is 157. The number of ether oxygens (including phenoxy) is 3. The Kier molecular flexibility index (Phi) is 4.50. The van der Waals surface area contributed by atoms with Crippen molar-refractivity contribution in [3.8, 4) is 0 Å². The SMILES string of the molecule is C=CC(=O)NC(OC)(OC)OC. The second-order valence-electron chi connectivity index (χ2n) is 1.86. The van der Waals surface area contributed by atoms with E-state index in [9.17, 15) is 4.79 Å². The maximum absolute atomic E-state index is 10.8. The van der Waals surface area contributed by atoms with Gasteiger partial charge in [-0.05, 0) is 6.08 Å². The minimum Gasteiger partial charge on any atom is -0.313 e. The van der Waals surface area contributed by atoms with Crippen LogP contribution >= 0.6 is 0 Å². The van der Waals surface area contributed by atoms with Gasteiger partial charge in [-0.2, -0.15) is 0 Å². The fraction of sp³-hybridized carbons (Fsp3) is 0.571. The van der Waals surface area contributed by atoms with E-state index in [1.807, 2.05) is 0 Å². The first-order chi connectivity index (χ1) is 5.64. The summed E-state index contributed by atoms with van der Waals surface area (Å²) in [5, 5.41) is 2.31. The zero-order valence-electron chi connectivity index (χ0n) is 7.42. The molecule has 5 nitrogen and oxygen atoms in total. The largest absolute Gasteiger partial charge is 0.376 e. The molecular weight excluding hydrogens is 162 g/mol. The van der Waals surface area contributed by atoms with Crippen LogP contribution in [0.4, 0.5) is 0 Å². The second-order valence-corrected chi connectivity index (χ2v) is 1.86. The highest BCUT2D eigenvalue weighted by molar-refractivity contribution is 5.87. The molecule has 0 spiro atoms. The predicted molar refractivity (Wildman–Crippen MR) is 42.1 cm³/mol. The van der Waals surface area contributed by atoms with E-state index in [-0.39, 0.29) is 0 Å². The van der Waals surface area contributed by atoms with E-state index < -0.39 is 12.0 Å². The van der Waals surface area contributed by atoms with Crippen LogP contribution in [0.1, 0.15) is 0 Å². The zero-order valence-corrected chi connectivity index (χ0v) is 7.42. The third kappa shape index (κ3) is 2.61. The first-order valence-corrected chi connectivity index (χ1v) is 3.24. The smallest absolute Gasteiger partial charge is 0.313 e. The minimum atomic E-state index is -1.52. The van der Waals surface area contributed by atoms with Crippen LogP contribution in [0.5, 0.6) is 0 Å². The summed E-state index contributed by atoms with van der Waals surface area (Å²) in [7, 11) is 4.03. The molecule has 0 aromatic heterocycles. The summed E-state index contributed by atoms with van der Waals surface area (Å²) in [5.41, 5.74) is 0. The molecule has 0 saturated carbocycles. The van der Waals surface area contributed by atoms with E-state index in [2.05, 4.69) is 11.9 Å². The lowest BCUT2D eigenvalue weighted by Crippen LogP contribution is -2.52. The van der Waals surface area contributed by atoms with Gasteiger partial charge >= 0.3 is 6.10 Å². The topological polar surface area (TPSA) is 56.8 Å². The Labute approximate surface area is 71.3 Å². The lowest BCUT2D eigenvalue weighted by Gasteiger charge is -2.27. The van der Waals surface area contributed by atoms with Crippen LogP contribution in [0.15, 0.2) is 12.7 Å². The van der Waals surface area contributed by atoms with Gasteiger partial charge in [-0.3, -0.25) is 10.1 Å². The van der Waals surface area contributed by atoms with Crippen LogP contribution in [-0.4, -0.2) is 33.3 Å². The molecule has 1 amide bonds. The quantitative estimate of drug-likeness (QED) is 0.466. The number of carbonyl (C=O) groups excluding carboxylic acids is 1. The summed E-state index contributed by atoms with van der Waals surface area (Å²) < 4.78 is 14.4. The van der Waals surface area contributed by atoms with Crippen molar-refractivity contribution in [1.29, 1.82) is 0 Å². The van der Waals surface area contributed by atoms with E-state index in [0.717, 1.165) is 6.08 Å². The molecule has 0 rings (SSSR count). The van der Waals surface area contributed by atoms with E-state index >= 15 is 0 Å². The maximum atomic E-state index is 10.8. The van der Waals surface area contributed by atoms with Crippen LogP contribution < -0.4 is 5.32 Å². The van der Waals surface area contributed by atoms with Crippen molar-refractivity contribution in [2.45, 2.75) is 6.10 Å². The predicted octanol–water partition coefficient (Wildman–Crippen LogP) is -0.161. The Morgan fingerprint density at radius 1 is 1.33 bits per heavy atom. The van der Waals surface area contributed by atoms with Crippen molar-refractivity contribution >= 4 is 5.91 Å². The summed E-state index contributed by atoms with van der Waals surface area (Å²) in [6, 6.07) is 0. The molecule has 5 heteroatoms. The molecule has 0 unspecified atom stereocenters. The normalized spacial score (nSPS) is 10.9. The van der Waals surface area contributed by atoms with Crippen molar-refractivity contribution in [2.24, 2.45) is 0 Å². The van der Waals surface area contributed by atoms with Gasteiger partial charge in [0.2, 0.25) is 5.91 Å². The molecule has 0 fully saturated rings. The molecule has 1 N–H and O–H groups in total. The minimum absolute atomic E-state index is 0.444. The van der Waals surface area contributed by atoms with E-state index in [1.54, 1.807) is 0 Å². The molecule has 0 aliphatic rings. The summed E-state index contributed by atoms with van der Waals surface area (Å²) in [6.07, 6.45) is -0.433. The molecule has 0 radical (unpaired) electrons. The van der Waals surface area contributed by atoms with E-state index in [0.29, 0.717) is 0 Å². The molecule has 0 bridgehead atoms. The molecule has 0 heterocycles. The third-order valence-corrected chi connectivity index (χ3v) is 1.27. The van der Waals surface area contributed by atoms with Gasteiger partial charge in [-0.1, -0.05) is 6.58 Å². The average molecular weight is 175 g/mol. The van der Waals surface area contributed by atoms with Crippen LogP contribution in [-0.2, 0) is 19.0 Å². The Balaban J connectivity index is 4.29. The standard InChI is InChI=1S/C7H13NO4/c1-5-6(9)8-7(10-2,11-3)12-4/h5H,1H2,2-4H3,(H,8,9). The van der Waals surface area contributed by atoms with Gasteiger partial charge in [0.25, 0.3) is 0 Å². The molecule has 0 atom stereocenters. The highest BCUT2D eigenvalue weighted by Crippen LogP contribution is 2.06. The number of rotatable bonds is 5. The lowest BCUT2D eigenvalue weighted by molar-refractivity contribution is -0.364.